The minimum Gasteiger partial charge on any atom is -0.389 e. The highest BCUT2D eigenvalue weighted by molar-refractivity contribution is 8.00. The third kappa shape index (κ3) is 2.84. The summed E-state index contributed by atoms with van der Waals surface area (Å²) in [5.74, 6) is -0.395. The van der Waals surface area contributed by atoms with E-state index in [1.807, 2.05) is 17.8 Å². The molecule has 2 fully saturated rings. The Labute approximate surface area is 123 Å². The SMILES string of the molecule is N#Cc1cc(F)ccc1CC1(O)CC2CCCC(C1)S2. The lowest BCUT2D eigenvalue weighted by Crippen LogP contribution is -2.44. The van der Waals surface area contributed by atoms with E-state index in [1.54, 1.807) is 6.07 Å². The van der Waals surface area contributed by atoms with Crippen molar-refractivity contribution in [3.05, 3.63) is 35.1 Å². The van der Waals surface area contributed by atoms with Crippen LogP contribution in [-0.2, 0) is 6.42 Å². The summed E-state index contributed by atoms with van der Waals surface area (Å²) in [7, 11) is 0. The molecule has 20 heavy (non-hydrogen) atoms. The first-order valence-electron chi connectivity index (χ1n) is 7.14. The molecule has 2 unspecified atom stereocenters. The molecule has 0 aliphatic carbocycles. The summed E-state index contributed by atoms with van der Waals surface area (Å²) in [6, 6.07) is 6.31. The molecule has 2 aliphatic rings. The van der Waals surface area contributed by atoms with Crippen molar-refractivity contribution in [3.63, 3.8) is 0 Å². The molecule has 2 atom stereocenters. The smallest absolute Gasteiger partial charge is 0.124 e. The topological polar surface area (TPSA) is 44.0 Å². The molecule has 2 aliphatic heterocycles. The summed E-state index contributed by atoms with van der Waals surface area (Å²) in [5, 5.41) is 21.1. The van der Waals surface area contributed by atoms with Gasteiger partial charge in [-0.05, 0) is 43.4 Å². The van der Waals surface area contributed by atoms with Crippen LogP contribution in [0.2, 0.25) is 0 Å². The predicted molar refractivity (Wildman–Crippen MR) is 78.0 cm³/mol. The van der Waals surface area contributed by atoms with E-state index in [4.69, 9.17) is 5.26 Å². The number of benzene rings is 1. The largest absolute Gasteiger partial charge is 0.389 e. The van der Waals surface area contributed by atoms with Crippen LogP contribution in [0.15, 0.2) is 18.2 Å². The van der Waals surface area contributed by atoms with Crippen molar-refractivity contribution < 1.29 is 9.50 Å². The number of thioether (sulfide) groups is 1. The molecule has 2 heterocycles. The highest BCUT2D eigenvalue weighted by atomic mass is 32.2. The van der Waals surface area contributed by atoms with Crippen molar-refractivity contribution in [2.45, 2.75) is 54.6 Å². The first kappa shape index (κ1) is 13.9. The molecule has 0 amide bonds. The number of nitrogens with zero attached hydrogens (tertiary/aromatic N) is 1. The Morgan fingerprint density at radius 2 is 2.05 bits per heavy atom. The zero-order valence-electron chi connectivity index (χ0n) is 11.3. The van der Waals surface area contributed by atoms with Crippen LogP contribution in [0.25, 0.3) is 0 Å². The van der Waals surface area contributed by atoms with Gasteiger partial charge in [-0.25, -0.2) is 4.39 Å². The van der Waals surface area contributed by atoms with Gasteiger partial charge in [0.15, 0.2) is 0 Å². The van der Waals surface area contributed by atoms with Crippen LogP contribution in [0.3, 0.4) is 0 Å². The van der Waals surface area contributed by atoms with E-state index in [1.165, 1.54) is 31.4 Å². The summed E-state index contributed by atoms with van der Waals surface area (Å²) >= 11 is 2.01. The van der Waals surface area contributed by atoms with Gasteiger partial charge < -0.3 is 5.11 Å². The number of hydrogen-bond donors (Lipinski definition) is 1. The normalized spacial score (nSPS) is 32.6. The fraction of sp³-hybridized carbons (Fsp3) is 0.562. The van der Waals surface area contributed by atoms with Crippen LogP contribution < -0.4 is 0 Å². The van der Waals surface area contributed by atoms with Gasteiger partial charge in [0.25, 0.3) is 0 Å². The minimum absolute atomic E-state index is 0.349. The van der Waals surface area contributed by atoms with E-state index < -0.39 is 11.4 Å². The predicted octanol–water partition coefficient (Wildman–Crippen LogP) is 3.42. The zero-order valence-corrected chi connectivity index (χ0v) is 12.1. The van der Waals surface area contributed by atoms with E-state index >= 15 is 0 Å². The van der Waals surface area contributed by atoms with E-state index in [0.717, 1.165) is 18.4 Å². The molecule has 0 aromatic heterocycles. The maximum atomic E-state index is 13.2. The van der Waals surface area contributed by atoms with Crippen molar-refractivity contribution in [1.29, 1.82) is 5.26 Å². The third-order valence-electron chi connectivity index (χ3n) is 4.36. The van der Waals surface area contributed by atoms with Crippen LogP contribution >= 0.6 is 11.8 Å². The molecule has 0 saturated carbocycles. The Morgan fingerprint density at radius 1 is 1.35 bits per heavy atom. The Bertz CT molecular complexity index is 542. The second kappa shape index (κ2) is 5.38. The maximum Gasteiger partial charge on any atom is 0.124 e. The quantitative estimate of drug-likeness (QED) is 0.908. The molecule has 1 aromatic carbocycles. The highest BCUT2D eigenvalue weighted by Crippen LogP contribution is 2.46. The van der Waals surface area contributed by atoms with E-state index in [0.29, 0.717) is 22.5 Å². The summed E-state index contributed by atoms with van der Waals surface area (Å²) in [5.41, 5.74) is 0.382. The number of nitriles is 1. The summed E-state index contributed by atoms with van der Waals surface area (Å²) < 4.78 is 13.2. The summed E-state index contributed by atoms with van der Waals surface area (Å²) in [4.78, 5) is 0. The van der Waals surface area contributed by atoms with Gasteiger partial charge in [0.1, 0.15) is 5.82 Å². The van der Waals surface area contributed by atoms with E-state index in [9.17, 15) is 9.50 Å². The Hall–Kier alpha value is -1.05. The zero-order chi connectivity index (χ0) is 14.2. The average Bonchev–Trinajstić information content (AvgIpc) is 2.40. The summed E-state index contributed by atoms with van der Waals surface area (Å²) in [6.45, 7) is 0. The van der Waals surface area contributed by atoms with E-state index in [-0.39, 0.29) is 0 Å². The third-order valence-corrected chi connectivity index (χ3v) is 5.94. The number of rotatable bonds is 2. The fourth-order valence-electron chi connectivity index (χ4n) is 3.52. The van der Waals surface area contributed by atoms with Crippen LogP contribution in [0, 0.1) is 17.1 Å². The lowest BCUT2D eigenvalue weighted by molar-refractivity contribution is 0.0129. The molecule has 1 N–H and O–H groups in total. The van der Waals surface area contributed by atoms with Gasteiger partial charge >= 0.3 is 0 Å². The van der Waals surface area contributed by atoms with Crippen LogP contribution in [0.4, 0.5) is 4.39 Å². The first-order valence-corrected chi connectivity index (χ1v) is 8.09. The Morgan fingerprint density at radius 3 is 2.70 bits per heavy atom. The van der Waals surface area contributed by atoms with Crippen molar-refractivity contribution in [2.75, 3.05) is 0 Å². The first-order chi connectivity index (χ1) is 9.58. The number of hydrogen-bond acceptors (Lipinski definition) is 3. The van der Waals surface area contributed by atoms with Gasteiger partial charge in [-0.3, -0.25) is 0 Å². The van der Waals surface area contributed by atoms with Crippen molar-refractivity contribution in [1.82, 2.24) is 0 Å². The van der Waals surface area contributed by atoms with Crippen molar-refractivity contribution >= 4 is 11.8 Å². The lowest BCUT2D eigenvalue weighted by Gasteiger charge is -2.44. The molecule has 4 heteroatoms. The fourth-order valence-corrected chi connectivity index (χ4v) is 5.48. The number of halogens is 1. The average molecular weight is 291 g/mol. The van der Waals surface area contributed by atoms with Gasteiger partial charge in [-0.15, -0.1) is 0 Å². The minimum atomic E-state index is -0.732. The molecule has 2 saturated heterocycles. The molecular weight excluding hydrogens is 273 g/mol. The Kier molecular flexibility index (Phi) is 3.74. The molecular formula is C16H18FNOS. The van der Waals surface area contributed by atoms with Crippen molar-refractivity contribution in [3.8, 4) is 6.07 Å². The summed E-state index contributed by atoms with van der Waals surface area (Å²) in [6.07, 6.45) is 5.66. The second-order valence-corrected chi connectivity index (χ2v) is 7.64. The van der Waals surface area contributed by atoms with Gasteiger partial charge in [0.05, 0.1) is 17.2 Å². The molecule has 2 bridgehead atoms. The molecule has 0 radical (unpaired) electrons. The maximum absolute atomic E-state index is 13.2. The number of aliphatic hydroxyl groups is 1. The highest BCUT2D eigenvalue weighted by Gasteiger charge is 2.41. The van der Waals surface area contributed by atoms with Crippen LogP contribution in [0.5, 0.6) is 0 Å². The molecule has 3 rings (SSSR count). The number of fused-ring (bicyclic) bond motifs is 2. The Balaban J connectivity index is 1.82. The second-order valence-electron chi connectivity index (χ2n) is 6.03. The molecule has 1 aromatic rings. The molecule has 2 nitrogen and oxygen atoms in total. The molecule has 0 spiro atoms. The van der Waals surface area contributed by atoms with E-state index in [2.05, 4.69) is 0 Å². The van der Waals surface area contributed by atoms with Crippen molar-refractivity contribution in [2.24, 2.45) is 0 Å². The van der Waals surface area contributed by atoms with Crippen LogP contribution in [0.1, 0.15) is 43.2 Å². The van der Waals surface area contributed by atoms with Gasteiger partial charge in [0.2, 0.25) is 0 Å². The van der Waals surface area contributed by atoms with Gasteiger partial charge in [0, 0.05) is 16.9 Å². The molecule has 106 valence electrons. The standard InChI is InChI=1S/C16H18FNOS/c17-13-5-4-11(12(6-13)10-18)7-16(19)8-14-2-1-3-15(9-16)20-14/h4-6,14-15,19H,1-3,7-9H2. The lowest BCUT2D eigenvalue weighted by atomic mass is 9.80. The van der Waals surface area contributed by atoms with Gasteiger partial charge in [-0.1, -0.05) is 12.5 Å². The monoisotopic (exact) mass is 291 g/mol. The van der Waals surface area contributed by atoms with Crippen LogP contribution in [-0.4, -0.2) is 21.2 Å². The van der Waals surface area contributed by atoms with Gasteiger partial charge in [-0.2, -0.15) is 17.0 Å².